The van der Waals surface area contributed by atoms with E-state index < -0.39 is 10.0 Å². The molecular formula is C17H23N3O2S. The molecule has 0 amide bonds. The Bertz CT molecular complexity index is 711. The van der Waals surface area contributed by atoms with E-state index in [0.717, 1.165) is 18.9 Å². The van der Waals surface area contributed by atoms with Gasteiger partial charge in [0, 0.05) is 25.8 Å². The third-order valence-corrected chi connectivity index (χ3v) is 5.61. The molecular weight excluding hydrogens is 310 g/mol. The summed E-state index contributed by atoms with van der Waals surface area (Å²) in [6.07, 6.45) is 1.44. The van der Waals surface area contributed by atoms with Gasteiger partial charge in [-0.05, 0) is 45.0 Å². The molecule has 23 heavy (non-hydrogen) atoms. The Morgan fingerprint density at radius 2 is 1.57 bits per heavy atom. The lowest BCUT2D eigenvalue weighted by molar-refractivity contribution is 0.591. The van der Waals surface area contributed by atoms with E-state index in [4.69, 9.17) is 0 Å². The molecule has 0 spiro atoms. The van der Waals surface area contributed by atoms with Gasteiger partial charge in [-0.25, -0.2) is 13.4 Å². The molecule has 1 aromatic carbocycles. The average molecular weight is 333 g/mol. The first-order chi connectivity index (χ1) is 11.0. The molecule has 2 rings (SSSR count). The summed E-state index contributed by atoms with van der Waals surface area (Å²) >= 11 is 0. The van der Waals surface area contributed by atoms with Crippen LogP contribution in [0.2, 0.25) is 0 Å². The van der Waals surface area contributed by atoms with Crippen molar-refractivity contribution in [3.05, 3.63) is 48.7 Å². The van der Waals surface area contributed by atoms with Crippen LogP contribution >= 0.6 is 0 Å². The van der Waals surface area contributed by atoms with Crippen LogP contribution in [0.15, 0.2) is 53.6 Å². The molecule has 0 radical (unpaired) electrons. The van der Waals surface area contributed by atoms with Crippen molar-refractivity contribution in [1.29, 1.82) is 0 Å². The number of para-hydroxylation sites is 1. The third-order valence-electron chi connectivity index (χ3n) is 3.73. The smallest absolute Gasteiger partial charge is 0.265 e. The highest BCUT2D eigenvalue weighted by atomic mass is 32.2. The Hall–Kier alpha value is -2.08. The minimum absolute atomic E-state index is 0.208. The van der Waals surface area contributed by atoms with Crippen molar-refractivity contribution in [3.8, 4) is 0 Å². The van der Waals surface area contributed by atoms with Crippen LogP contribution in [0.25, 0.3) is 0 Å². The van der Waals surface area contributed by atoms with Crippen LogP contribution in [-0.2, 0) is 10.0 Å². The van der Waals surface area contributed by atoms with Crippen LogP contribution in [0.3, 0.4) is 0 Å². The van der Waals surface area contributed by atoms with Gasteiger partial charge in [-0.2, -0.15) is 0 Å². The van der Waals surface area contributed by atoms with Crippen LogP contribution in [0.4, 0.5) is 11.5 Å². The fourth-order valence-electron chi connectivity index (χ4n) is 2.47. The van der Waals surface area contributed by atoms with Gasteiger partial charge in [0.2, 0.25) is 0 Å². The van der Waals surface area contributed by atoms with Crippen molar-refractivity contribution in [2.75, 3.05) is 28.8 Å². The summed E-state index contributed by atoms with van der Waals surface area (Å²) in [6, 6.07) is 12.5. The first-order valence-electron chi connectivity index (χ1n) is 7.83. The first-order valence-corrected chi connectivity index (χ1v) is 9.27. The number of nitrogens with zero attached hydrogens (tertiary/aromatic N) is 3. The molecule has 0 N–H and O–H groups in total. The number of aromatic nitrogens is 1. The Kier molecular flexibility index (Phi) is 5.60. The molecule has 0 unspecified atom stereocenters. The molecule has 1 aromatic heterocycles. The van der Waals surface area contributed by atoms with Crippen molar-refractivity contribution in [1.82, 2.24) is 4.98 Å². The van der Waals surface area contributed by atoms with Crippen LogP contribution in [0.5, 0.6) is 0 Å². The van der Waals surface area contributed by atoms with E-state index in [1.54, 1.807) is 24.3 Å². The lowest BCUT2D eigenvalue weighted by atomic mass is 10.3. The lowest BCUT2D eigenvalue weighted by Gasteiger charge is -2.23. The van der Waals surface area contributed by atoms with E-state index in [9.17, 15) is 8.42 Å². The molecule has 0 atom stereocenters. The number of benzene rings is 1. The SMILES string of the molecule is CCN(CC)c1ccc(S(=O)(=O)N(CC)c2ccccc2)cn1. The second kappa shape index (κ2) is 7.46. The summed E-state index contributed by atoms with van der Waals surface area (Å²) in [7, 11) is -3.61. The summed E-state index contributed by atoms with van der Waals surface area (Å²) < 4.78 is 27.1. The molecule has 0 aliphatic carbocycles. The second-order valence-corrected chi connectivity index (χ2v) is 6.89. The number of hydrogen-bond donors (Lipinski definition) is 0. The Balaban J connectivity index is 2.35. The lowest BCUT2D eigenvalue weighted by Crippen LogP contribution is -2.31. The largest absolute Gasteiger partial charge is 0.357 e. The van der Waals surface area contributed by atoms with E-state index in [0.29, 0.717) is 12.2 Å². The number of rotatable bonds is 7. The Morgan fingerprint density at radius 3 is 2.04 bits per heavy atom. The second-order valence-electron chi connectivity index (χ2n) is 5.03. The predicted molar refractivity (Wildman–Crippen MR) is 94.4 cm³/mol. The average Bonchev–Trinajstić information content (AvgIpc) is 2.58. The standard InChI is InChI=1S/C17H23N3O2S/c1-4-19(5-2)17-13-12-16(14-18-17)23(21,22)20(6-3)15-10-8-7-9-11-15/h7-14H,4-6H2,1-3H3. The zero-order valence-electron chi connectivity index (χ0n) is 13.8. The van der Waals surface area contributed by atoms with E-state index in [2.05, 4.69) is 9.88 Å². The van der Waals surface area contributed by atoms with Crippen LogP contribution in [-0.4, -0.2) is 33.0 Å². The maximum atomic E-state index is 12.9. The van der Waals surface area contributed by atoms with Gasteiger partial charge in [0.1, 0.15) is 10.7 Å². The Labute approximate surface area is 138 Å². The topological polar surface area (TPSA) is 53.5 Å². The van der Waals surface area contributed by atoms with Crippen molar-refractivity contribution in [2.45, 2.75) is 25.7 Å². The van der Waals surface area contributed by atoms with Gasteiger partial charge < -0.3 is 4.90 Å². The minimum Gasteiger partial charge on any atom is -0.357 e. The first kappa shape index (κ1) is 17.3. The maximum Gasteiger partial charge on any atom is 0.265 e. The van der Waals surface area contributed by atoms with Gasteiger partial charge in [0.25, 0.3) is 10.0 Å². The molecule has 5 nitrogen and oxygen atoms in total. The molecule has 1 heterocycles. The molecule has 2 aromatic rings. The predicted octanol–water partition coefficient (Wildman–Crippen LogP) is 3.14. The fourth-order valence-corrected chi connectivity index (χ4v) is 3.89. The molecule has 124 valence electrons. The highest BCUT2D eigenvalue weighted by Gasteiger charge is 2.24. The van der Waals surface area contributed by atoms with E-state index in [-0.39, 0.29) is 4.90 Å². The van der Waals surface area contributed by atoms with E-state index in [1.807, 2.05) is 39.0 Å². The summed E-state index contributed by atoms with van der Waals surface area (Å²) in [5, 5.41) is 0. The maximum absolute atomic E-state index is 12.9. The fraction of sp³-hybridized carbons (Fsp3) is 0.353. The minimum atomic E-state index is -3.61. The summed E-state index contributed by atoms with van der Waals surface area (Å²) in [5.74, 6) is 0.789. The van der Waals surface area contributed by atoms with Gasteiger partial charge in [-0.3, -0.25) is 4.31 Å². The molecule has 0 saturated heterocycles. The van der Waals surface area contributed by atoms with Crippen LogP contribution < -0.4 is 9.21 Å². The monoisotopic (exact) mass is 333 g/mol. The summed E-state index contributed by atoms with van der Waals surface area (Å²) in [5.41, 5.74) is 0.655. The van der Waals surface area contributed by atoms with E-state index >= 15 is 0 Å². The number of anilines is 2. The highest BCUT2D eigenvalue weighted by Crippen LogP contribution is 2.23. The zero-order chi connectivity index (χ0) is 16.9. The third kappa shape index (κ3) is 3.64. The number of sulfonamides is 1. The number of hydrogen-bond acceptors (Lipinski definition) is 4. The van der Waals surface area contributed by atoms with Crippen molar-refractivity contribution in [3.63, 3.8) is 0 Å². The van der Waals surface area contributed by atoms with Crippen molar-refractivity contribution >= 4 is 21.5 Å². The van der Waals surface area contributed by atoms with Crippen molar-refractivity contribution < 1.29 is 8.42 Å². The molecule has 0 saturated carbocycles. The van der Waals surface area contributed by atoms with Gasteiger partial charge in [0.05, 0.1) is 5.69 Å². The zero-order valence-corrected chi connectivity index (χ0v) is 14.6. The van der Waals surface area contributed by atoms with E-state index in [1.165, 1.54) is 10.5 Å². The molecule has 0 bridgehead atoms. The van der Waals surface area contributed by atoms with Gasteiger partial charge in [-0.15, -0.1) is 0 Å². The van der Waals surface area contributed by atoms with Crippen LogP contribution in [0.1, 0.15) is 20.8 Å². The van der Waals surface area contributed by atoms with Gasteiger partial charge in [-0.1, -0.05) is 18.2 Å². The number of pyridine rings is 1. The van der Waals surface area contributed by atoms with Gasteiger partial charge in [0.15, 0.2) is 0 Å². The van der Waals surface area contributed by atoms with Gasteiger partial charge >= 0.3 is 0 Å². The highest BCUT2D eigenvalue weighted by molar-refractivity contribution is 7.92. The summed E-state index contributed by atoms with van der Waals surface area (Å²) in [6.45, 7) is 7.95. The Morgan fingerprint density at radius 1 is 0.913 bits per heavy atom. The molecule has 0 fully saturated rings. The summed E-state index contributed by atoms with van der Waals surface area (Å²) in [4.78, 5) is 6.60. The molecule has 6 heteroatoms. The molecule has 0 aliphatic rings. The van der Waals surface area contributed by atoms with Crippen LogP contribution in [0, 0.1) is 0 Å². The normalized spacial score (nSPS) is 11.3. The quantitative estimate of drug-likeness (QED) is 0.781. The molecule has 0 aliphatic heterocycles. The van der Waals surface area contributed by atoms with Crippen molar-refractivity contribution in [2.24, 2.45) is 0 Å².